The van der Waals surface area contributed by atoms with Crippen LogP contribution < -0.4 is 9.30 Å². The Balaban J connectivity index is 2.47. The molecule has 0 aliphatic heterocycles. The zero-order valence-corrected chi connectivity index (χ0v) is 10.3. The van der Waals surface area contributed by atoms with E-state index in [1.54, 1.807) is 7.11 Å². The second-order valence-electron chi connectivity index (χ2n) is 4.02. The van der Waals surface area contributed by atoms with E-state index in [-0.39, 0.29) is 0 Å². The summed E-state index contributed by atoms with van der Waals surface area (Å²) in [6, 6.07) is 7.50. The summed E-state index contributed by atoms with van der Waals surface area (Å²) < 4.78 is 9.07. The first-order valence-corrected chi connectivity index (χ1v) is 5.47. The molecular weight excluding hydrogens is 216 g/mol. The number of aliphatic hydroxyl groups is 1. The van der Waals surface area contributed by atoms with E-state index < -0.39 is 6.10 Å². The number of ether oxygens (including phenoxy) is 1. The van der Waals surface area contributed by atoms with Crippen LogP contribution in [-0.4, -0.2) is 16.8 Å². The van der Waals surface area contributed by atoms with Crippen LogP contribution in [0, 0.1) is 0 Å². The number of para-hydroxylation sites is 1. The first kappa shape index (κ1) is 11.7. The van der Waals surface area contributed by atoms with Crippen LogP contribution in [0.2, 0.25) is 0 Å². The molecule has 0 spiro atoms. The number of rotatable bonds is 3. The van der Waals surface area contributed by atoms with Gasteiger partial charge in [-0.3, -0.25) is 0 Å². The lowest BCUT2D eigenvalue weighted by atomic mass is 10.1. The molecule has 4 nitrogen and oxygen atoms in total. The number of aliphatic hydroxyl groups excluding tert-OH is 1. The second-order valence-corrected chi connectivity index (χ2v) is 4.02. The minimum absolute atomic E-state index is 0.696. The third kappa shape index (κ3) is 2.03. The number of imidazole rings is 1. The molecule has 1 aromatic heterocycles. The fraction of sp³-hybridized carbons (Fsp3) is 0.308. The van der Waals surface area contributed by atoms with Crippen LogP contribution in [0.25, 0.3) is 0 Å². The maximum Gasteiger partial charge on any atom is 0.290 e. The van der Waals surface area contributed by atoms with Crippen molar-refractivity contribution in [3.63, 3.8) is 0 Å². The molecule has 0 amide bonds. The molecule has 1 N–H and O–H groups in total. The van der Waals surface area contributed by atoms with Gasteiger partial charge in [0.25, 0.3) is 5.82 Å². The summed E-state index contributed by atoms with van der Waals surface area (Å²) in [5.41, 5.74) is 0.771. The van der Waals surface area contributed by atoms with Crippen LogP contribution in [0.4, 0.5) is 0 Å². The van der Waals surface area contributed by atoms with Gasteiger partial charge in [-0.05, 0) is 6.07 Å². The summed E-state index contributed by atoms with van der Waals surface area (Å²) >= 11 is 0. The van der Waals surface area contributed by atoms with Crippen molar-refractivity contribution in [3.05, 3.63) is 48.0 Å². The van der Waals surface area contributed by atoms with Crippen molar-refractivity contribution in [2.24, 2.45) is 14.1 Å². The lowest BCUT2D eigenvalue weighted by Crippen LogP contribution is -2.34. The van der Waals surface area contributed by atoms with E-state index in [4.69, 9.17) is 4.74 Å². The van der Waals surface area contributed by atoms with Gasteiger partial charge in [0.05, 0.1) is 21.2 Å². The Bertz CT molecular complexity index is 500. The van der Waals surface area contributed by atoms with Gasteiger partial charge in [0.2, 0.25) is 0 Å². The number of aromatic nitrogens is 2. The Labute approximate surface area is 101 Å². The third-order valence-electron chi connectivity index (χ3n) is 2.91. The summed E-state index contributed by atoms with van der Waals surface area (Å²) in [7, 11) is 5.43. The van der Waals surface area contributed by atoms with Crippen LogP contribution in [0.15, 0.2) is 36.7 Å². The Morgan fingerprint density at radius 2 is 2.06 bits per heavy atom. The molecule has 0 bridgehead atoms. The number of nitrogens with zero attached hydrogens (tertiary/aromatic N) is 2. The first-order valence-electron chi connectivity index (χ1n) is 5.47. The fourth-order valence-corrected chi connectivity index (χ4v) is 2.02. The average molecular weight is 233 g/mol. The number of benzene rings is 1. The Morgan fingerprint density at radius 3 is 2.65 bits per heavy atom. The van der Waals surface area contributed by atoms with Gasteiger partial charge < -0.3 is 9.84 Å². The summed E-state index contributed by atoms with van der Waals surface area (Å²) in [5.74, 6) is 1.51. The van der Waals surface area contributed by atoms with Crippen molar-refractivity contribution in [2.45, 2.75) is 6.10 Å². The Morgan fingerprint density at radius 1 is 1.35 bits per heavy atom. The second kappa shape index (κ2) is 4.59. The van der Waals surface area contributed by atoms with Crippen LogP contribution >= 0.6 is 0 Å². The maximum absolute atomic E-state index is 10.4. The zero-order valence-electron chi connectivity index (χ0n) is 10.3. The van der Waals surface area contributed by atoms with Crippen molar-refractivity contribution in [1.29, 1.82) is 0 Å². The summed E-state index contributed by atoms with van der Waals surface area (Å²) in [4.78, 5) is 0. The van der Waals surface area contributed by atoms with Gasteiger partial charge in [0.1, 0.15) is 18.1 Å². The quantitative estimate of drug-likeness (QED) is 0.801. The van der Waals surface area contributed by atoms with Crippen LogP contribution in [-0.2, 0) is 14.1 Å². The van der Waals surface area contributed by atoms with Gasteiger partial charge in [-0.15, -0.1) is 0 Å². The van der Waals surface area contributed by atoms with Gasteiger partial charge in [0.15, 0.2) is 6.10 Å². The van der Waals surface area contributed by atoms with E-state index in [1.807, 2.05) is 59.9 Å². The lowest BCUT2D eigenvalue weighted by Gasteiger charge is -2.12. The monoisotopic (exact) mass is 233 g/mol. The molecule has 4 heteroatoms. The van der Waals surface area contributed by atoms with E-state index >= 15 is 0 Å². The fourth-order valence-electron chi connectivity index (χ4n) is 2.02. The molecular formula is C13H17N2O2+. The van der Waals surface area contributed by atoms with Gasteiger partial charge in [-0.1, -0.05) is 18.2 Å². The molecule has 0 aliphatic rings. The van der Waals surface area contributed by atoms with Crippen molar-refractivity contribution in [1.82, 2.24) is 4.57 Å². The number of hydrogen-bond acceptors (Lipinski definition) is 2. The van der Waals surface area contributed by atoms with Gasteiger partial charge in [-0.25, -0.2) is 9.13 Å². The third-order valence-corrected chi connectivity index (χ3v) is 2.91. The number of hydrogen-bond donors (Lipinski definition) is 1. The van der Waals surface area contributed by atoms with E-state index in [2.05, 4.69) is 0 Å². The van der Waals surface area contributed by atoms with E-state index in [0.717, 1.165) is 11.4 Å². The smallest absolute Gasteiger partial charge is 0.290 e. The Kier molecular flexibility index (Phi) is 3.15. The molecule has 1 aromatic carbocycles. The minimum Gasteiger partial charge on any atom is -0.496 e. The summed E-state index contributed by atoms with van der Waals surface area (Å²) in [5, 5.41) is 10.4. The van der Waals surface area contributed by atoms with Crippen molar-refractivity contribution in [2.75, 3.05) is 7.11 Å². The highest BCUT2D eigenvalue weighted by Crippen LogP contribution is 2.27. The molecule has 2 aromatic rings. The zero-order chi connectivity index (χ0) is 12.4. The van der Waals surface area contributed by atoms with Crippen LogP contribution in [0.5, 0.6) is 5.75 Å². The highest BCUT2D eigenvalue weighted by atomic mass is 16.5. The van der Waals surface area contributed by atoms with Gasteiger partial charge in [-0.2, -0.15) is 0 Å². The molecule has 1 atom stereocenters. The van der Waals surface area contributed by atoms with Gasteiger partial charge >= 0.3 is 0 Å². The topological polar surface area (TPSA) is 38.3 Å². The van der Waals surface area contributed by atoms with E-state index in [9.17, 15) is 5.11 Å². The largest absolute Gasteiger partial charge is 0.496 e. The molecule has 90 valence electrons. The number of methoxy groups -OCH3 is 1. The molecule has 0 saturated heterocycles. The molecule has 0 saturated carbocycles. The highest BCUT2D eigenvalue weighted by molar-refractivity contribution is 5.37. The van der Waals surface area contributed by atoms with Crippen molar-refractivity contribution in [3.8, 4) is 5.75 Å². The Hall–Kier alpha value is -1.81. The van der Waals surface area contributed by atoms with E-state index in [0.29, 0.717) is 5.75 Å². The van der Waals surface area contributed by atoms with Crippen LogP contribution in [0.1, 0.15) is 17.5 Å². The van der Waals surface area contributed by atoms with Crippen molar-refractivity contribution < 1.29 is 14.4 Å². The molecule has 1 heterocycles. The predicted octanol–water partition coefficient (Wildman–Crippen LogP) is 0.940. The molecule has 1 unspecified atom stereocenters. The normalized spacial score (nSPS) is 12.5. The molecule has 2 rings (SSSR count). The molecule has 0 fully saturated rings. The summed E-state index contributed by atoms with van der Waals surface area (Å²) in [6.45, 7) is 0. The van der Waals surface area contributed by atoms with Crippen LogP contribution in [0.3, 0.4) is 0 Å². The molecule has 0 radical (unpaired) electrons. The van der Waals surface area contributed by atoms with E-state index in [1.165, 1.54) is 0 Å². The summed E-state index contributed by atoms with van der Waals surface area (Å²) in [6.07, 6.45) is 3.12. The SMILES string of the molecule is COc1ccccc1C(O)c1n(C)cc[n+]1C. The standard InChI is InChI=1S/C13H17N2O2/c1-14-8-9-15(2)13(14)12(16)10-6-4-5-7-11(10)17-3/h4-9,12,16H,1-3H3/q+1. The lowest BCUT2D eigenvalue weighted by molar-refractivity contribution is -0.682. The predicted molar refractivity (Wildman–Crippen MR) is 63.6 cm³/mol. The maximum atomic E-state index is 10.4. The van der Waals surface area contributed by atoms with Gasteiger partial charge in [0, 0.05) is 5.56 Å². The molecule has 0 aliphatic carbocycles. The average Bonchev–Trinajstić information content (AvgIpc) is 2.68. The minimum atomic E-state index is -0.698. The van der Waals surface area contributed by atoms with Crippen molar-refractivity contribution >= 4 is 0 Å². The first-order chi connectivity index (χ1) is 8.15. The highest BCUT2D eigenvalue weighted by Gasteiger charge is 2.25. The number of aryl methyl sites for hydroxylation is 2. The molecule has 17 heavy (non-hydrogen) atoms.